The Morgan fingerprint density at radius 2 is 1.80 bits per heavy atom. The summed E-state index contributed by atoms with van der Waals surface area (Å²) in [5.41, 5.74) is 0.787. The van der Waals surface area contributed by atoms with Crippen molar-refractivity contribution in [2.45, 2.75) is 26.3 Å². The number of carbonyl (C=O) groups is 4. The summed E-state index contributed by atoms with van der Waals surface area (Å²) in [6, 6.07) is 8.74. The number of thiophene rings is 1. The summed E-state index contributed by atoms with van der Waals surface area (Å²) in [5, 5.41) is 13.5. The zero-order valence-corrected chi connectivity index (χ0v) is 17.2. The predicted octanol–water partition coefficient (Wildman–Crippen LogP) is 2.81. The smallest absolute Gasteiger partial charge is 0.329 e. The Morgan fingerprint density at radius 3 is 2.37 bits per heavy atom. The van der Waals surface area contributed by atoms with Crippen LogP contribution < -0.4 is 5.32 Å². The first-order valence-electron chi connectivity index (χ1n) is 9.24. The maximum Gasteiger partial charge on any atom is 0.329 e. The third kappa shape index (κ3) is 4.23. The molecular formula is C21H19N3O5S. The van der Waals surface area contributed by atoms with Gasteiger partial charge in [-0.15, -0.1) is 11.3 Å². The van der Waals surface area contributed by atoms with Gasteiger partial charge < -0.3 is 10.1 Å². The average Bonchev–Trinajstić information content (AvgIpc) is 3.27. The Labute approximate surface area is 177 Å². The Bertz CT molecular complexity index is 1020. The van der Waals surface area contributed by atoms with Crippen LogP contribution in [0.5, 0.6) is 0 Å². The zero-order chi connectivity index (χ0) is 21.8. The number of amides is 3. The number of rotatable bonds is 7. The molecule has 3 rings (SSSR count). The van der Waals surface area contributed by atoms with Crippen LogP contribution in [0.2, 0.25) is 0 Å². The number of nitriles is 1. The first-order valence-corrected chi connectivity index (χ1v) is 10.1. The lowest BCUT2D eigenvalue weighted by atomic mass is 10.0. The van der Waals surface area contributed by atoms with Crippen LogP contribution >= 0.6 is 11.3 Å². The first-order chi connectivity index (χ1) is 14.3. The molecule has 3 amide bonds. The number of imide groups is 1. The number of nitrogens with zero attached hydrogens (tertiary/aromatic N) is 2. The van der Waals surface area contributed by atoms with E-state index in [1.54, 1.807) is 23.6 Å². The molecule has 1 aromatic heterocycles. The van der Waals surface area contributed by atoms with Crippen LogP contribution in [0.25, 0.3) is 0 Å². The monoisotopic (exact) mass is 425 g/mol. The quantitative estimate of drug-likeness (QED) is 0.539. The second kappa shape index (κ2) is 8.88. The fraction of sp³-hybridized carbons (Fsp3) is 0.286. The Balaban J connectivity index is 1.71. The van der Waals surface area contributed by atoms with Crippen molar-refractivity contribution in [3.8, 4) is 6.07 Å². The topological polar surface area (TPSA) is 117 Å². The lowest BCUT2D eigenvalue weighted by Gasteiger charge is -2.25. The van der Waals surface area contributed by atoms with E-state index >= 15 is 0 Å². The van der Waals surface area contributed by atoms with Gasteiger partial charge in [0.2, 0.25) is 0 Å². The molecule has 2 heterocycles. The average molecular weight is 425 g/mol. The highest BCUT2D eigenvalue weighted by atomic mass is 32.1. The highest BCUT2D eigenvalue weighted by molar-refractivity contribution is 7.14. The number of fused-ring (bicyclic) bond motifs is 1. The normalized spacial score (nSPS) is 13.7. The van der Waals surface area contributed by atoms with E-state index in [-0.39, 0.29) is 23.5 Å². The number of nitrogens with one attached hydrogen (secondary N) is 1. The van der Waals surface area contributed by atoms with E-state index < -0.39 is 36.3 Å². The van der Waals surface area contributed by atoms with Crippen molar-refractivity contribution in [2.24, 2.45) is 5.92 Å². The van der Waals surface area contributed by atoms with Gasteiger partial charge in [0.15, 0.2) is 6.61 Å². The molecule has 1 aliphatic heterocycles. The minimum atomic E-state index is -1.14. The highest BCUT2D eigenvalue weighted by Gasteiger charge is 2.43. The minimum Gasteiger partial charge on any atom is -0.454 e. The number of anilines is 1. The lowest BCUT2D eigenvalue weighted by molar-refractivity contribution is -0.151. The molecule has 1 atom stereocenters. The molecule has 0 saturated heterocycles. The molecule has 0 unspecified atom stereocenters. The van der Waals surface area contributed by atoms with Gasteiger partial charge >= 0.3 is 5.97 Å². The molecule has 1 aliphatic rings. The number of esters is 1. The molecule has 0 bridgehead atoms. The molecule has 9 heteroatoms. The van der Waals surface area contributed by atoms with Gasteiger partial charge in [0.1, 0.15) is 17.1 Å². The van der Waals surface area contributed by atoms with E-state index in [0.717, 1.165) is 4.90 Å². The maximum absolute atomic E-state index is 12.7. The molecule has 2 aromatic rings. The van der Waals surface area contributed by atoms with Crippen molar-refractivity contribution in [3.63, 3.8) is 0 Å². The third-order valence-corrected chi connectivity index (χ3v) is 5.32. The summed E-state index contributed by atoms with van der Waals surface area (Å²) in [6.07, 6.45) is 0.204. The Morgan fingerprint density at radius 1 is 1.17 bits per heavy atom. The van der Waals surface area contributed by atoms with E-state index in [9.17, 15) is 19.2 Å². The van der Waals surface area contributed by atoms with Gasteiger partial charge in [0.25, 0.3) is 17.7 Å². The highest BCUT2D eigenvalue weighted by Crippen LogP contribution is 2.27. The van der Waals surface area contributed by atoms with Crippen LogP contribution in [0.4, 0.5) is 5.00 Å². The second-order valence-electron chi connectivity index (χ2n) is 7.10. The van der Waals surface area contributed by atoms with Crippen LogP contribution in [0.3, 0.4) is 0 Å². The number of hydrogen-bond acceptors (Lipinski definition) is 7. The summed E-state index contributed by atoms with van der Waals surface area (Å²) in [7, 11) is 0. The van der Waals surface area contributed by atoms with Crippen LogP contribution in [-0.2, 0) is 14.3 Å². The van der Waals surface area contributed by atoms with Gasteiger partial charge in [-0.1, -0.05) is 26.0 Å². The molecule has 1 N–H and O–H groups in total. The molecule has 0 saturated carbocycles. The molecule has 0 aliphatic carbocycles. The Hall–Kier alpha value is -3.51. The third-order valence-electron chi connectivity index (χ3n) is 4.49. The van der Waals surface area contributed by atoms with E-state index in [4.69, 9.17) is 10.00 Å². The summed E-state index contributed by atoms with van der Waals surface area (Å²) >= 11 is 1.17. The molecule has 0 radical (unpaired) electrons. The predicted molar refractivity (Wildman–Crippen MR) is 109 cm³/mol. The van der Waals surface area contributed by atoms with Gasteiger partial charge in [-0.3, -0.25) is 19.3 Å². The lowest BCUT2D eigenvalue weighted by Crippen LogP contribution is -2.46. The van der Waals surface area contributed by atoms with Crippen molar-refractivity contribution in [3.05, 3.63) is 52.4 Å². The summed E-state index contributed by atoms with van der Waals surface area (Å²) in [4.78, 5) is 51.3. The second-order valence-corrected chi connectivity index (χ2v) is 8.02. The van der Waals surface area contributed by atoms with Gasteiger partial charge in [-0.25, -0.2) is 4.79 Å². The van der Waals surface area contributed by atoms with Crippen molar-refractivity contribution < 1.29 is 23.9 Å². The molecule has 1 aromatic carbocycles. The Kier molecular flexibility index (Phi) is 6.28. The first kappa shape index (κ1) is 21.2. The number of ether oxygens (including phenoxy) is 1. The van der Waals surface area contributed by atoms with Gasteiger partial charge in [-0.2, -0.15) is 5.26 Å². The van der Waals surface area contributed by atoms with Crippen LogP contribution in [0, 0.1) is 17.2 Å². The molecule has 154 valence electrons. The molecule has 0 spiro atoms. The number of benzene rings is 1. The van der Waals surface area contributed by atoms with E-state index in [1.807, 2.05) is 19.9 Å². The van der Waals surface area contributed by atoms with E-state index in [1.165, 1.54) is 23.5 Å². The molecule has 30 heavy (non-hydrogen) atoms. The largest absolute Gasteiger partial charge is 0.454 e. The van der Waals surface area contributed by atoms with Crippen LogP contribution in [0.1, 0.15) is 46.5 Å². The van der Waals surface area contributed by atoms with Crippen LogP contribution in [-0.4, -0.2) is 41.2 Å². The van der Waals surface area contributed by atoms with Crippen molar-refractivity contribution in [2.75, 3.05) is 11.9 Å². The van der Waals surface area contributed by atoms with Gasteiger partial charge in [0.05, 0.1) is 16.7 Å². The fourth-order valence-electron chi connectivity index (χ4n) is 3.13. The van der Waals surface area contributed by atoms with Gasteiger partial charge in [-0.05, 0) is 35.9 Å². The molecule has 0 fully saturated rings. The molecule has 8 nitrogen and oxygen atoms in total. The van der Waals surface area contributed by atoms with Crippen molar-refractivity contribution >= 4 is 40.0 Å². The SMILES string of the molecule is CC(C)C[C@@H](C(=O)OCC(=O)Nc1sccc1C#N)N1C(=O)c2ccccc2C1=O. The minimum absolute atomic E-state index is 0.00926. The summed E-state index contributed by atoms with van der Waals surface area (Å²) in [5.74, 6) is -2.57. The van der Waals surface area contributed by atoms with Crippen LogP contribution in [0.15, 0.2) is 35.7 Å². The summed E-state index contributed by atoms with van der Waals surface area (Å²) < 4.78 is 5.12. The number of carbonyl (C=O) groups excluding carboxylic acids is 4. The molecular weight excluding hydrogens is 406 g/mol. The maximum atomic E-state index is 12.7. The fourth-order valence-corrected chi connectivity index (χ4v) is 3.89. The van der Waals surface area contributed by atoms with Crippen molar-refractivity contribution in [1.29, 1.82) is 5.26 Å². The zero-order valence-electron chi connectivity index (χ0n) is 16.4. The summed E-state index contributed by atoms with van der Waals surface area (Å²) in [6.45, 7) is 3.11. The van der Waals surface area contributed by atoms with Crippen molar-refractivity contribution in [1.82, 2.24) is 4.90 Å². The standard InChI is InChI=1S/C21H19N3O5S/c1-12(2)9-16(24-19(26)14-5-3-4-6-15(14)20(24)27)21(28)29-11-17(25)23-18-13(10-22)7-8-30-18/h3-8,12,16H,9,11H2,1-2H3,(H,23,25)/t16-/m0/s1. The van der Waals surface area contributed by atoms with E-state index in [2.05, 4.69) is 5.32 Å². The van der Waals surface area contributed by atoms with E-state index in [0.29, 0.717) is 10.6 Å². The van der Waals surface area contributed by atoms with Gasteiger partial charge in [0, 0.05) is 0 Å². The number of hydrogen-bond donors (Lipinski definition) is 1.